The SMILES string of the molecule is CC(C)c1ccccc1C1CCCN1C1CC2(CCN(c3cc(Oc4cnc5[nH]ccc5c4)c(C(=O)NS(=O)(=O)c4cc([N+](=O)[O-])c(NCC5(F)CCN(C6COC6)CC5)c5[nH]cnc45)cn3)CC2)C1. The Bertz CT molecular complexity index is 3060. The van der Waals surface area contributed by atoms with Crippen molar-refractivity contribution in [3.63, 3.8) is 0 Å². The normalized spacial score (nSPS) is 21.0. The summed E-state index contributed by atoms with van der Waals surface area (Å²) in [6.07, 6.45) is 12.8. The molecule has 0 radical (unpaired) electrons. The summed E-state index contributed by atoms with van der Waals surface area (Å²) in [7, 11) is -4.84. The maximum absolute atomic E-state index is 16.1. The Hall–Kier alpha value is -6.22. The molecule has 18 nitrogen and oxygen atoms in total. The van der Waals surface area contributed by atoms with Gasteiger partial charge in [0, 0.05) is 74.7 Å². The van der Waals surface area contributed by atoms with E-state index in [1.54, 1.807) is 18.3 Å². The molecule has 2 aromatic carbocycles. The topological polar surface area (TPSA) is 217 Å². The molecular formula is C50H58FN11O7S. The van der Waals surface area contributed by atoms with Gasteiger partial charge in [-0.2, -0.15) is 0 Å². The highest BCUT2D eigenvalue weighted by molar-refractivity contribution is 7.90. The molecule has 1 atom stereocenters. The molecule has 1 unspecified atom stereocenters. The number of carbonyl (C=O) groups excluding carboxylic acids is 1. The second-order valence-electron chi connectivity index (χ2n) is 20.3. The number of nitrogens with zero attached hydrogens (tertiary/aromatic N) is 7. The summed E-state index contributed by atoms with van der Waals surface area (Å²) in [5.74, 6) is 0.324. The van der Waals surface area contributed by atoms with Crippen molar-refractivity contribution in [3.05, 3.63) is 100 Å². The van der Waals surface area contributed by atoms with Gasteiger partial charge < -0.3 is 29.7 Å². The largest absolute Gasteiger partial charge is 0.455 e. The monoisotopic (exact) mass is 975 g/mol. The average molecular weight is 976 g/mol. The molecule has 20 heteroatoms. The van der Waals surface area contributed by atoms with Crippen LogP contribution in [0.1, 0.15) is 98.7 Å². The van der Waals surface area contributed by atoms with Crippen LogP contribution in [0.5, 0.6) is 11.5 Å². The number of aromatic nitrogens is 5. The molecule has 1 saturated carbocycles. The zero-order valence-electron chi connectivity index (χ0n) is 39.3. The number of carbonyl (C=O) groups is 1. The predicted octanol–water partition coefficient (Wildman–Crippen LogP) is 7.98. The minimum Gasteiger partial charge on any atom is -0.455 e. The molecule has 0 bridgehead atoms. The van der Waals surface area contributed by atoms with E-state index in [-0.39, 0.29) is 58.9 Å². The molecule has 1 amide bonds. The first-order valence-corrected chi connectivity index (χ1v) is 25.9. The number of nitro groups is 1. The Morgan fingerprint density at radius 1 is 0.986 bits per heavy atom. The minimum absolute atomic E-state index is 0.0225. The first-order chi connectivity index (χ1) is 33.8. The van der Waals surface area contributed by atoms with Gasteiger partial charge in [0.05, 0.1) is 42.2 Å². The molecule has 70 heavy (non-hydrogen) atoms. The van der Waals surface area contributed by atoms with E-state index in [0.29, 0.717) is 61.5 Å². The number of aromatic amines is 2. The van der Waals surface area contributed by atoms with Crippen molar-refractivity contribution < 1.29 is 32.0 Å². The van der Waals surface area contributed by atoms with Gasteiger partial charge in [-0.15, -0.1) is 0 Å². The molecule has 6 aromatic rings. The zero-order valence-corrected chi connectivity index (χ0v) is 40.1. The van der Waals surface area contributed by atoms with Gasteiger partial charge in [-0.3, -0.25) is 24.7 Å². The highest BCUT2D eigenvalue weighted by Crippen LogP contribution is 2.54. The molecule has 368 valence electrons. The predicted molar refractivity (Wildman–Crippen MR) is 262 cm³/mol. The first-order valence-electron chi connectivity index (χ1n) is 24.4. The molecule has 1 aliphatic carbocycles. The van der Waals surface area contributed by atoms with Crippen molar-refractivity contribution in [1.29, 1.82) is 0 Å². The number of likely N-dealkylation sites (tertiary alicyclic amines) is 2. The summed E-state index contributed by atoms with van der Waals surface area (Å²) >= 11 is 0. The van der Waals surface area contributed by atoms with E-state index < -0.39 is 37.1 Å². The summed E-state index contributed by atoms with van der Waals surface area (Å²) in [5, 5.41) is 16.2. The van der Waals surface area contributed by atoms with Crippen LogP contribution in [0.3, 0.4) is 0 Å². The molecule has 4 aromatic heterocycles. The number of piperidine rings is 2. The fraction of sp³-hybridized carbons (Fsp3) is 0.480. The second-order valence-corrected chi connectivity index (χ2v) is 21.9. The van der Waals surface area contributed by atoms with E-state index in [4.69, 9.17) is 9.47 Å². The summed E-state index contributed by atoms with van der Waals surface area (Å²) < 4.78 is 58.3. The number of halogens is 1. The highest BCUT2D eigenvalue weighted by atomic mass is 32.2. The molecule has 4 N–H and O–H groups in total. The van der Waals surface area contributed by atoms with Crippen LogP contribution >= 0.6 is 0 Å². The Balaban J connectivity index is 0.810. The molecule has 5 aliphatic rings. The van der Waals surface area contributed by atoms with Crippen molar-refractivity contribution in [3.8, 4) is 11.5 Å². The van der Waals surface area contributed by atoms with E-state index in [1.807, 2.05) is 6.07 Å². The van der Waals surface area contributed by atoms with Crippen LogP contribution in [0.15, 0.2) is 78.3 Å². The number of rotatable bonds is 14. The van der Waals surface area contributed by atoms with Gasteiger partial charge in [0.25, 0.3) is 21.6 Å². The maximum atomic E-state index is 16.1. The van der Waals surface area contributed by atoms with Crippen LogP contribution < -0.4 is 19.7 Å². The highest BCUT2D eigenvalue weighted by Gasteiger charge is 2.50. The number of imidazole rings is 1. The summed E-state index contributed by atoms with van der Waals surface area (Å²) in [5.41, 5.74) is 1.02. The maximum Gasteiger partial charge on any atom is 0.296 e. The number of nitro benzene ring substituents is 1. The number of hydrogen-bond donors (Lipinski definition) is 4. The third kappa shape index (κ3) is 8.72. The Morgan fingerprint density at radius 2 is 1.77 bits per heavy atom. The van der Waals surface area contributed by atoms with Gasteiger partial charge in [0.1, 0.15) is 50.3 Å². The van der Waals surface area contributed by atoms with Crippen LogP contribution in [0.2, 0.25) is 0 Å². The summed E-state index contributed by atoms with van der Waals surface area (Å²) in [4.78, 5) is 51.7. The van der Waals surface area contributed by atoms with Gasteiger partial charge in [0.15, 0.2) is 0 Å². The number of alkyl halides is 1. The molecule has 4 saturated heterocycles. The van der Waals surface area contributed by atoms with Gasteiger partial charge in [-0.05, 0) is 92.5 Å². The average Bonchev–Trinajstić information content (AvgIpc) is 4.12. The number of H-pyrrole nitrogens is 2. The second kappa shape index (κ2) is 18.2. The number of benzene rings is 2. The smallest absolute Gasteiger partial charge is 0.296 e. The lowest BCUT2D eigenvalue weighted by Gasteiger charge is -2.56. The lowest BCUT2D eigenvalue weighted by Crippen LogP contribution is -2.55. The number of pyridine rings is 2. The molecule has 1 spiro atoms. The van der Waals surface area contributed by atoms with E-state index in [1.165, 1.54) is 42.7 Å². The third-order valence-corrected chi connectivity index (χ3v) is 17.0. The van der Waals surface area contributed by atoms with Gasteiger partial charge in [-0.1, -0.05) is 38.1 Å². The minimum atomic E-state index is -4.84. The molecule has 8 heterocycles. The molecular weight excluding hydrogens is 918 g/mol. The van der Waals surface area contributed by atoms with Crippen LogP contribution in [0, 0.1) is 15.5 Å². The number of ether oxygens (including phenoxy) is 2. The fourth-order valence-electron chi connectivity index (χ4n) is 11.6. The van der Waals surface area contributed by atoms with Crippen molar-refractivity contribution in [2.24, 2.45) is 5.41 Å². The molecule has 4 aliphatic heterocycles. The van der Waals surface area contributed by atoms with Crippen molar-refractivity contribution >= 4 is 55.2 Å². The van der Waals surface area contributed by atoms with Gasteiger partial charge >= 0.3 is 0 Å². The molecule has 5 fully saturated rings. The van der Waals surface area contributed by atoms with Crippen LogP contribution in [0.25, 0.3) is 22.1 Å². The quantitative estimate of drug-likeness (QED) is 0.0602. The number of sulfonamides is 1. The van der Waals surface area contributed by atoms with Crippen LogP contribution in [-0.2, 0) is 14.8 Å². The van der Waals surface area contributed by atoms with Crippen molar-refractivity contribution in [2.45, 2.75) is 99.8 Å². The number of hydrogen-bond acceptors (Lipinski definition) is 14. The Kier molecular flexibility index (Phi) is 12.0. The lowest BCUT2D eigenvalue weighted by molar-refractivity contribution is -0.384. The third-order valence-electron chi connectivity index (χ3n) is 15.7. The van der Waals surface area contributed by atoms with E-state index >= 15 is 4.39 Å². The van der Waals surface area contributed by atoms with E-state index in [0.717, 1.165) is 56.8 Å². The van der Waals surface area contributed by atoms with Gasteiger partial charge in [0.2, 0.25) is 0 Å². The van der Waals surface area contributed by atoms with Crippen molar-refractivity contribution in [2.75, 3.05) is 62.7 Å². The van der Waals surface area contributed by atoms with E-state index in [2.05, 4.69) is 87.8 Å². The number of fused-ring (bicyclic) bond motifs is 2. The number of anilines is 2. The summed E-state index contributed by atoms with van der Waals surface area (Å²) in [6.45, 7) is 9.20. The Labute approximate surface area is 404 Å². The number of amides is 1. The van der Waals surface area contributed by atoms with Gasteiger partial charge in [-0.25, -0.2) is 32.5 Å². The van der Waals surface area contributed by atoms with Crippen LogP contribution in [-0.4, -0.2) is 124 Å². The number of nitrogens with one attached hydrogen (secondary N) is 4. The molecule has 11 rings (SSSR count). The fourth-order valence-corrected chi connectivity index (χ4v) is 12.8. The Morgan fingerprint density at radius 3 is 2.51 bits per heavy atom. The standard InChI is InChI=1S/C50H58FN11O7S/c1-31(2)36-6-3-4-7-37(36)39-8-5-15-61(39)33-23-49(24-33)10-16-60(17-11-49)43-22-41(69-35-20-32-9-14-52-47(32)54-25-35)38(26-53-43)48(63)58-70(66,67)42-21-40(62(64)65)44(46-45(42)56-30-57-46)55-29-50(51)12-18-59(19-13-50)34-27-68-28-34/h3-4,6-7,9,14,20-22,25-26,30-31,33-34,39,55H,5,8,10-13,15-19,23-24,27-29H2,1-2H3,(H,52,54)(H,56,57)(H,58,63). The zero-order chi connectivity index (χ0) is 48.4. The van der Waals surface area contributed by atoms with Crippen LogP contribution in [0.4, 0.5) is 21.6 Å². The van der Waals surface area contributed by atoms with Crippen molar-refractivity contribution in [1.82, 2.24) is 39.4 Å². The lowest BCUT2D eigenvalue weighted by atomic mass is 9.60. The first kappa shape index (κ1) is 46.2. The van der Waals surface area contributed by atoms with E-state index in [9.17, 15) is 23.3 Å². The summed E-state index contributed by atoms with van der Waals surface area (Å²) in [6, 6.07) is 16.3.